The molecule has 2 aliphatic rings. The van der Waals surface area contributed by atoms with E-state index < -0.39 is 5.60 Å². The third kappa shape index (κ3) is 2.68. The normalized spacial score (nSPS) is 32.3. The molecule has 0 amide bonds. The molecule has 4 nitrogen and oxygen atoms in total. The van der Waals surface area contributed by atoms with Crippen LogP contribution in [0, 0.1) is 0 Å². The molecule has 2 heterocycles. The van der Waals surface area contributed by atoms with Crippen LogP contribution in [0.25, 0.3) is 0 Å². The number of rotatable bonds is 5. The molecule has 110 valence electrons. The summed E-state index contributed by atoms with van der Waals surface area (Å²) < 4.78 is 10.8. The van der Waals surface area contributed by atoms with Crippen LogP contribution in [0.2, 0.25) is 0 Å². The van der Waals surface area contributed by atoms with E-state index >= 15 is 0 Å². The number of para-hydroxylation sites is 1. The minimum atomic E-state index is -0.763. The number of methoxy groups -OCH3 is 1. The molecule has 1 aromatic carbocycles. The van der Waals surface area contributed by atoms with Gasteiger partial charge in [0.15, 0.2) is 0 Å². The van der Waals surface area contributed by atoms with Crippen LogP contribution in [0.3, 0.4) is 0 Å². The van der Waals surface area contributed by atoms with Crippen molar-refractivity contribution in [2.45, 2.75) is 43.4 Å². The summed E-state index contributed by atoms with van der Waals surface area (Å²) >= 11 is 0. The monoisotopic (exact) mass is 277 g/mol. The van der Waals surface area contributed by atoms with Crippen molar-refractivity contribution >= 4 is 0 Å². The number of nitrogens with one attached hydrogen (secondary N) is 1. The lowest BCUT2D eigenvalue weighted by Crippen LogP contribution is -2.46. The Kier molecular flexibility index (Phi) is 3.96. The van der Waals surface area contributed by atoms with Crippen LogP contribution in [0.15, 0.2) is 24.3 Å². The molecular weight excluding hydrogens is 254 g/mol. The summed E-state index contributed by atoms with van der Waals surface area (Å²) in [6.45, 7) is 1.06. The second kappa shape index (κ2) is 5.72. The molecule has 0 aliphatic carbocycles. The Morgan fingerprint density at radius 2 is 1.90 bits per heavy atom. The van der Waals surface area contributed by atoms with Crippen LogP contribution in [0.1, 0.15) is 31.2 Å². The molecule has 2 saturated heterocycles. The van der Waals surface area contributed by atoms with Gasteiger partial charge in [-0.15, -0.1) is 0 Å². The average molecular weight is 277 g/mol. The van der Waals surface area contributed by atoms with Crippen LogP contribution in [-0.4, -0.2) is 37.5 Å². The Balaban J connectivity index is 1.81. The van der Waals surface area contributed by atoms with E-state index in [1.165, 1.54) is 12.8 Å². The van der Waals surface area contributed by atoms with E-state index in [2.05, 4.69) is 5.32 Å². The first-order valence-electron chi connectivity index (χ1n) is 7.41. The zero-order chi connectivity index (χ0) is 14.0. The standard InChI is InChI=1S/C16H23NO3/c1-19-8-9-20-15-5-3-2-4-14(15)16(18)10-12-6-7-13(11-16)17-12/h2-5,12-13,17-18H,6-11H2,1H3. The molecule has 0 spiro atoms. The van der Waals surface area contributed by atoms with Crippen molar-refractivity contribution in [2.24, 2.45) is 0 Å². The van der Waals surface area contributed by atoms with Gasteiger partial charge in [0.25, 0.3) is 0 Å². The van der Waals surface area contributed by atoms with E-state index in [0.29, 0.717) is 25.3 Å². The van der Waals surface area contributed by atoms with Crippen LogP contribution in [-0.2, 0) is 10.3 Å². The highest BCUT2D eigenvalue weighted by atomic mass is 16.5. The Bertz CT molecular complexity index is 451. The number of fused-ring (bicyclic) bond motifs is 2. The van der Waals surface area contributed by atoms with Crippen molar-refractivity contribution in [3.05, 3.63) is 29.8 Å². The number of aliphatic hydroxyl groups is 1. The van der Waals surface area contributed by atoms with Gasteiger partial charge in [0.1, 0.15) is 12.4 Å². The quantitative estimate of drug-likeness (QED) is 0.806. The first-order chi connectivity index (χ1) is 9.71. The number of piperidine rings is 1. The van der Waals surface area contributed by atoms with Gasteiger partial charge in [0.2, 0.25) is 0 Å². The minimum Gasteiger partial charge on any atom is -0.491 e. The van der Waals surface area contributed by atoms with Gasteiger partial charge in [-0.2, -0.15) is 0 Å². The zero-order valence-electron chi connectivity index (χ0n) is 12.0. The van der Waals surface area contributed by atoms with Crippen LogP contribution in [0.5, 0.6) is 5.75 Å². The van der Waals surface area contributed by atoms with Crippen molar-refractivity contribution < 1.29 is 14.6 Å². The molecule has 2 aliphatic heterocycles. The van der Waals surface area contributed by atoms with Gasteiger partial charge >= 0.3 is 0 Å². The highest BCUT2D eigenvalue weighted by Crippen LogP contribution is 2.43. The summed E-state index contributed by atoms with van der Waals surface area (Å²) in [5.41, 5.74) is 0.162. The van der Waals surface area contributed by atoms with Gasteiger partial charge in [-0.25, -0.2) is 0 Å². The summed E-state index contributed by atoms with van der Waals surface area (Å²) in [5, 5.41) is 14.7. The number of ether oxygens (including phenoxy) is 2. The first-order valence-corrected chi connectivity index (χ1v) is 7.41. The number of hydrogen-bond acceptors (Lipinski definition) is 4. The van der Waals surface area contributed by atoms with Crippen molar-refractivity contribution in [1.29, 1.82) is 0 Å². The summed E-state index contributed by atoms with van der Waals surface area (Å²) in [6, 6.07) is 8.72. The minimum absolute atomic E-state index is 0.436. The van der Waals surface area contributed by atoms with Gasteiger partial charge < -0.3 is 19.9 Å². The van der Waals surface area contributed by atoms with Gasteiger partial charge in [-0.1, -0.05) is 18.2 Å². The van der Waals surface area contributed by atoms with Gasteiger partial charge in [-0.3, -0.25) is 0 Å². The van der Waals surface area contributed by atoms with Gasteiger partial charge in [0.05, 0.1) is 12.2 Å². The SMILES string of the molecule is COCCOc1ccccc1C1(O)CC2CCC(C1)N2. The second-order valence-corrected chi connectivity index (χ2v) is 5.92. The van der Waals surface area contributed by atoms with E-state index in [9.17, 15) is 5.11 Å². The Labute approximate surface area is 120 Å². The Morgan fingerprint density at radius 3 is 2.60 bits per heavy atom. The number of benzene rings is 1. The Morgan fingerprint density at radius 1 is 1.20 bits per heavy atom. The van der Waals surface area contributed by atoms with E-state index in [1.807, 2.05) is 24.3 Å². The summed E-state index contributed by atoms with van der Waals surface area (Å²) in [6.07, 6.45) is 3.88. The second-order valence-electron chi connectivity index (χ2n) is 5.92. The lowest BCUT2D eigenvalue weighted by Gasteiger charge is -2.38. The van der Waals surface area contributed by atoms with Gasteiger partial charge in [0, 0.05) is 24.8 Å². The van der Waals surface area contributed by atoms with Crippen LogP contribution in [0.4, 0.5) is 0 Å². The molecule has 2 bridgehead atoms. The maximum Gasteiger partial charge on any atom is 0.125 e. The fourth-order valence-electron chi connectivity index (χ4n) is 3.55. The molecule has 1 aromatic rings. The third-order valence-electron chi connectivity index (χ3n) is 4.44. The van der Waals surface area contributed by atoms with E-state index in [-0.39, 0.29) is 0 Å². The fraction of sp³-hybridized carbons (Fsp3) is 0.625. The van der Waals surface area contributed by atoms with Crippen LogP contribution >= 0.6 is 0 Å². The predicted octanol–water partition coefficient (Wildman–Crippen LogP) is 1.81. The zero-order valence-corrected chi connectivity index (χ0v) is 12.0. The number of hydrogen-bond donors (Lipinski definition) is 2. The molecule has 0 aromatic heterocycles. The average Bonchev–Trinajstić information content (AvgIpc) is 2.79. The van der Waals surface area contributed by atoms with Crippen molar-refractivity contribution in [2.75, 3.05) is 20.3 Å². The maximum absolute atomic E-state index is 11.1. The van der Waals surface area contributed by atoms with Crippen LogP contribution < -0.4 is 10.1 Å². The summed E-state index contributed by atoms with van der Waals surface area (Å²) in [7, 11) is 1.66. The van der Waals surface area contributed by atoms with Gasteiger partial charge in [-0.05, 0) is 31.7 Å². The topological polar surface area (TPSA) is 50.7 Å². The highest BCUT2D eigenvalue weighted by molar-refractivity contribution is 5.39. The van der Waals surface area contributed by atoms with E-state index in [0.717, 1.165) is 24.2 Å². The van der Waals surface area contributed by atoms with E-state index in [4.69, 9.17) is 9.47 Å². The molecule has 2 atom stereocenters. The van der Waals surface area contributed by atoms with Crippen molar-refractivity contribution in [3.63, 3.8) is 0 Å². The summed E-state index contributed by atoms with van der Waals surface area (Å²) in [4.78, 5) is 0. The molecule has 2 unspecified atom stereocenters. The largest absolute Gasteiger partial charge is 0.491 e. The molecule has 2 N–H and O–H groups in total. The molecule has 4 heteroatoms. The first kappa shape index (κ1) is 13.9. The molecule has 2 fully saturated rings. The molecule has 20 heavy (non-hydrogen) atoms. The Hall–Kier alpha value is -1.10. The molecular formula is C16H23NO3. The lowest BCUT2D eigenvalue weighted by molar-refractivity contribution is -0.0140. The summed E-state index contributed by atoms with van der Waals surface area (Å²) in [5.74, 6) is 0.786. The predicted molar refractivity (Wildman–Crippen MR) is 76.9 cm³/mol. The lowest BCUT2D eigenvalue weighted by atomic mass is 9.81. The van der Waals surface area contributed by atoms with Crippen molar-refractivity contribution in [1.82, 2.24) is 5.32 Å². The van der Waals surface area contributed by atoms with E-state index in [1.54, 1.807) is 7.11 Å². The third-order valence-corrected chi connectivity index (χ3v) is 4.44. The highest BCUT2D eigenvalue weighted by Gasteiger charge is 2.44. The fourth-order valence-corrected chi connectivity index (χ4v) is 3.55. The van der Waals surface area contributed by atoms with Crippen molar-refractivity contribution in [3.8, 4) is 5.75 Å². The maximum atomic E-state index is 11.1. The molecule has 3 rings (SSSR count). The molecule has 0 saturated carbocycles. The smallest absolute Gasteiger partial charge is 0.125 e. The molecule has 0 radical (unpaired) electrons.